The van der Waals surface area contributed by atoms with E-state index in [1.54, 1.807) is 21.3 Å². The fraction of sp³-hybridized carbons (Fsp3) is 0.588. The second-order valence-corrected chi connectivity index (χ2v) is 8.54. The normalized spacial score (nSPS) is 17.3. The molecule has 0 amide bonds. The SMILES string of the molecule is CN=C(NCCS(C)(=O)=O)NC1CCN(c2cc(OC)cc(OC)c2)C1.I. The number of rotatable bonds is 7. The monoisotopic (exact) mass is 512 g/mol. The summed E-state index contributed by atoms with van der Waals surface area (Å²) < 4.78 is 33.1. The molecule has 2 N–H and O–H groups in total. The number of ether oxygens (including phenoxy) is 2. The summed E-state index contributed by atoms with van der Waals surface area (Å²) >= 11 is 0. The smallest absolute Gasteiger partial charge is 0.191 e. The largest absolute Gasteiger partial charge is 0.497 e. The van der Waals surface area contributed by atoms with Gasteiger partial charge in [-0.1, -0.05) is 0 Å². The molecule has 0 aliphatic carbocycles. The highest BCUT2D eigenvalue weighted by molar-refractivity contribution is 14.0. The number of nitrogens with zero attached hydrogens (tertiary/aromatic N) is 2. The number of hydrogen-bond acceptors (Lipinski definition) is 6. The van der Waals surface area contributed by atoms with E-state index in [1.165, 1.54) is 6.26 Å². The Balaban J connectivity index is 0.00000364. The first-order chi connectivity index (χ1) is 12.3. The van der Waals surface area contributed by atoms with E-state index in [-0.39, 0.29) is 35.8 Å². The quantitative estimate of drug-likeness (QED) is 0.321. The fourth-order valence-corrected chi connectivity index (χ4v) is 3.30. The third kappa shape index (κ3) is 7.60. The van der Waals surface area contributed by atoms with Gasteiger partial charge in [-0.15, -0.1) is 24.0 Å². The number of methoxy groups -OCH3 is 2. The van der Waals surface area contributed by atoms with Crippen LogP contribution in [0.5, 0.6) is 11.5 Å². The molecule has 1 aromatic rings. The summed E-state index contributed by atoms with van der Waals surface area (Å²) in [6.07, 6.45) is 2.18. The van der Waals surface area contributed by atoms with Gasteiger partial charge in [0.2, 0.25) is 0 Å². The minimum absolute atomic E-state index is 0. The highest BCUT2D eigenvalue weighted by Crippen LogP contribution is 2.30. The second kappa shape index (κ2) is 10.8. The molecule has 0 radical (unpaired) electrons. The highest BCUT2D eigenvalue weighted by Gasteiger charge is 2.24. The van der Waals surface area contributed by atoms with E-state index >= 15 is 0 Å². The van der Waals surface area contributed by atoms with Crippen molar-refractivity contribution in [2.45, 2.75) is 12.5 Å². The molecule has 1 aromatic carbocycles. The standard InChI is InChI=1S/C17H28N4O4S.HI/c1-18-17(19-6-8-26(4,22)23)20-13-5-7-21(12-13)14-9-15(24-2)11-16(10-14)25-3;/h9-11,13H,5-8,12H2,1-4H3,(H2,18,19,20);1H. The molecule has 1 unspecified atom stereocenters. The van der Waals surface area contributed by atoms with Gasteiger partial charge in [-0.2, -0.15) is 0 Å². The highest BCUT2D eigenvalue weighted by atomic mass is 127. The van der Waals surface area contributed by atoms with Gasteiger partial charge in [0.15, 0.2) is 5.96 Å². The molecule has 27 heavy (non-hydrogen) atoms. The zero-order chi connectivity index (χ0) is 19.2. The third-order valence-electron chi connectivity index (χ3n) is 4.22. The number of benzene rings is 1. The maximum atomic E-state index is 11.2. The summed E-state index contributed by atoms with van der Waals surface area (Å²) in [6, 6.07) is 6.05. The summed E-state index contributed by atoms with van der Waals surface area (Å²) in [4.78, 5) is 6.42. The number of guanidine groups is 1. The predicted molar refractivity (Wildman–Crippen MR) is 120 cm³/mol. The van der Waals surface area contributed by atoms with Crippen molar-refractivity contribution in [3.8, 4) is 11.5 Å². The van der Waals surface area contributed by atoms with Crippen molar-refractivity contribution in [3.63, 3.8) is 0 Å². The Morgan fingerprint density at radius 1 is 1.26 bits per heavy atom. The number of halogens is 1. The lowest BCUT2D eigenvalue weighted by atomic mass is 10.2. The van der Waals surface area contributed by atoms with E-state index < -0.39 is 9.84 Å². The molecule has 0 spiro atoms. The van der Waals surface area contributed by atoms with E-state index in [1.807, 2.05) is 18.2 Å². The summed E-state index contributed by atoms with van der Waals surface area (Å²) in [6.45, 7) is 2.04. The first-order valence-electron chi connectivity index (χ1n) is 8.47. The van der Waals surface area contributed by atoms with Crippen LogP contribution in [0.15, 0.2) is 23.2 Å². The van der Waals surface area contributed by atoms with Gasteiger partial charge in [-0.25, -0.2) is 8.42 Å². The zero-order valence-corrected chi connectivity index (χ0v) is 19.3. The Hall–Kier alpha value is -1.43. The summed E-state index contributed by atoms with van der Waals surface area (Å²) in [7, 11) is 1.96. The number of sulfone groups is 1. The van der Waals surface area contributed by atoms with Crippen molar-refractivity contribution in [2.24, 2.45) is 4.99 Å². The van der Waals surface area contributed by atoms with Gasteiger partial charge in [-0.3, -0.25) is 4.99 Å². The van der Waals surface area contributed by atoms with Crippen molar-refractivity contribution in [3.05, 3.63) is 18.2 Å². The van der Waals surface area contributed by atoms with E-state index in [0.717, 1.165) is 36.7 Å². The van der Waals surface area contributed by atoms with Crippen molar-refractivity contribution in [2.75, 3.05) is 57.8 Å². The lowest BCUT2D eigenvalue weighted by molar-refractivity contribution is 0.394. The lowest BCUT2D eigenvalue weighted by Gasteiger charge is -2.21. The first kappa shape index (κ1) is 23.6. The molecule has 0 aromatic heterocycles. The Bertz CT molecular complexity index is 720. The van der Waals surface area contributed by atoms with Crippen LogP contribution in [0.1, 0.15) is 6.42 Å². The number of hydrogen-bond donors (Lipinski definition) is 2. The van der Waals surface area contributed by atoms with Gasteiger partial charge in [0.05, 0.1) is 20.0 Å². The number of aliphatic imine (C=N–C) groups is 1. The molecule has 1 aliphatic rings. The Labute approximate surface area is 178 Å². The number of anilines is 1. The lowest BCUT2D eigenvalue weighted by Crippen LogP contribution is -2.45. The van der Waals surface area contributed by atoms with Gasteiger partial charge in [0.25, 0.3) is 0 Å². The molecule has 154 valence electrons. The molecule has 10 heteroatoms. The molecule has 2 rings (SSSR count). The topological polar surface area (TPSA) is 92.3 Å². The predicted octanol–water partition coefficient (Wildman–Crippen LogP) is 1.11. The van der Waals surface area contributed by atoms with E-state index in [4.69, 9.17) is 9.47 Å². The average Bonchev–Trinajstić information content (AvgIpc) is 3.07. The summed E-state index contributed by atoms with van der Waals surface area (Å²) in [5, 5.41) is 6.39. The van der Waals surface area contributed by atoms with E-state index in [2.05, 4.69) is 20.5 Å². The molecular weight excluding hydrogens is 483 g/mol. The van der Waals surface area contributed by atoms with Gasteiger partial charge >= 0.3 is 0 Å². The Kier molecular flexibility index (Phi) is 9.43. The molecule has 8 nitrogen and oxygen atoms in total. The van der Waals surface area contributed by atoms with Crippen LogP contribution in [-0.2, 0) is 9.84 Å². The summed E-state index contributed by atoms with van der Waals surface area (Å²) in [5.41, 5.74) is 1.05. The molecule has 1 aliphatic heterocycles. The van der Waals surface area contributed by atoms with Crippen molar-refractivity contribution in [1.29, 1.82) is 0 Å². The Morgan fingerprint density at radius 2 is 1.89 bits per heavy atom. The first-order valence-corrected chi connectivity index (χ1v) is 10.5. The van der Waals surface area contributed by atoms with Gasteiger partial charge < -0.3 is 25.0 Å². The molecule has 0 saturated carbocycles. The van der Waals surface area contributed by atoms with Gasteiger partial charge in [-0.05, 0) is 6.42 Å². The van der Waals surface area contributed by atoms with E-state index in [0.29, 0.717) is 12.5 Å². The minimum atomic E-state index is -2.99. The van der Waals surface area contributed by atoms with Crippen LogP contribution in [-0.4, -0.2) is 73.3 Å². The molecule has 1 saturated heterocycles. The van der Waals surface area contributed by atoms with Gasteiger partial charge in [0, 0.05) is 62.9 Å². The van der Waals surface area contributed by atoms with Crippen molar-refractivity contribution in [1.82, 2.24) is 10.6 Å². The third-order valence-corrected chi connectivity index (χ3v) is 5.17. The van der Waals surface area contributed by atoms with Crippen LogP contribution < -0.4 is 25.0 Å². The van der Waals surface area contributed by atoms with Crippen molar-refractivity contribution < 1.29 is 17.9 Å². The maximum Gasteiger partial charge on any atom is 0.191 e. The fourth-order valence-electron chi connectivity index (χ4n) is 2.83. The van der Waals surface area contributed by atoms with Crippen LogP contribution in [0.2, 0.25) is 0 Å². The molecule has 1 fully saturated rings. The molecule has 1 heterocycles. The zero-order valence-electron chi connectivity index (χ0n) is 16.2. The van der Waals surface area contributed by atoms with Crippen molar-refractivity contribution >= 4 is 45.5 Å². The summed E-state index contributed by atoms with van der Waals surface area (Å²) in [5.74, 6) is 2.21. The number of nitrogens with one attached hydrogen (secondary N) is 2. The minimum Gasteiger partial charge on any atom is -0.497 e. The maximum absolute atomic E-state index is 11.2. The van der Waals surface area contributed by atoms with Crippen LogP contribution >= 0.6 is 24.0 Å². The molecule has 0 bridgehead atoms. The van der Waals surface area contributed by atoms with Crippen LogP contribution in [0.25, 0.3) is 0 Å². The Morgan fingerprint density at radius 3 is 2.41 bits per heavy atom. The second-order valence-electron chi connectivity index (χ2n) is 6.28. The van der Waals surface area contributed by atoms with Crippen LogP contribution in [0.3, 0.4) is 0 Å². The van der Waals surface area contributed by atoms with Crippen LogP contribution in [0.4, 0.5) is 5.69 Å². The van der Waals surface area contributed by atoms with Crippen LogP contribution in [0, 0.1) is 0 Å². The molecular formula is C17H29IN4O4S. The van der Waals surface area contributed by atoms with Gasteiger partial charge in [0.1, 0.15) is 21.3 Å². The van der Waals surface area contributed by atoms with E-state index in [9.17, 15) is 8.42 Å². The average molecular weight is 512 g/mol. The molecule has 1 atom stereocenters.